The summed E-state index contributed by atoms with van der Waals surface area (Å²) < 4.78 is 27.9. The number of carbonyl (C=O) groups excluding carboxylic acids is 1. The van der Waals surface area contributed by atoms with Gasteiger partial charge in [-0.15, -0.1) is 0 Å². The van der Waals surface area contributed by atoms with Crippen molar-refractivity contribution < 1.29 is 13.6 Å². The number of nitrogens with zero attached hydrogens (tertiary/aromatic N) is 2. The predicted molar refractivity (Wildman–Crippen MR) is 58.0 cm³/mol. The Labute approximate surface area is 95.0 Å². The van der Waals surface area contributed by atoms with Crippen LogP contribution in [0.1, 0.15) is 13.0 Å². The number of rotatable bonds is 2. The molecule has 0 aliphatic rings. The lowest BCUT2D eigenvalue weighted by Crippen LogP contribution is -2.25. The number of amides is 1. The van der Waals surface area contributed by atoms with Crippen LogP contribution in [0.4, 0.5) is 14.7 Å². The number of nitrogen functional groups attached to an aromatic ring is 1. The Kier molecular flexibility index (Phi) is 2.45. The number of primary amides is 1. The molecule has 1 heterocycles. The quantitative estimate of drug-likeness (QED) is 0.819. The molecule has 1 aromatic heterocycles. The summed E-state index contributed by atoms with van der Waals surface area (Å²) in [5.41, 5.74) is 10.7. The van der Waals surface area contributed by atoms with Crippen LogP contribution in [0.3, 0.4) is 0 Å². The van der Waals surface area contributed by atoms with Gasteiger partial charge >= 0.3 is 0 Å². The van der Waals surface area contributed by atoms with Crippen molar-refractivity contribution in [2.24, 2.45) is 5.73 Å². The molecule has 2 aromatic rings. The fraction of sp³-hybridized carbons (Fsp3) is 0.200. The van der Waals surface area contributed by atoms with E-state index in [1.807, 2.05) is 0 Å². The Morgan fingerprint density at radius 3 is 2.71 bits per heavy atom. The molecule has 2 rings (SSSR count). The van der Waals surface area contributed by atoms with Crippen molar-refractivity contribution >= 4 is 22.9 Å². The number of carbonyl (C=O) groups is 1. The average Bonchev–Trinajstić information content (AvgIpc) is 2.60. The number of halogens is 2. The first-order valence-electron chi connectivity index (χ1n) is 4.84. The molecule has 0 aliphatic heterocycles. The van der Waals surface area contributed by atoms with Gasteiger partial charge in [0.05, 0.1) is 5.52 Å². The van der Waals surface area contributed by atoms with Gasteiger partial charge in [0, 0.05) is 0 Å². The minimum atomic E-state index is -1.10. The van der Waals surface area contributed by atoms with Crippen molar-refractivity contribution in [3.05, 3.63) is 23.8 Å². The van der Waals surface area contributed by atoms with Gasteiger partial charge in [0.25, 0.3) is 0 Å². The second-order valence-electron chi connectivity index (χ2n) is 3.65. The highest BCUT2D eigenvalue weighted by molar-refractivity contribution is 5.84. The Bertz CT molecular complexity index is 608. The highest BCUT2D eigenvalue weighted by Gasteiger charge is 2.22. The maximum atomic E-state index is 13.7. The van der Waals surface area contributed by atoms with Gasteiger partial charge in [-0.05, 0) is 19.1 Å². The van der Waals surface area contributed by atoms with Gasteiger partial charge in [0.1, 0.15) is 11.6 Å². The number of anilines is 1. The van der Waals surface area contributed by atoms with Gasteiger partial charge in [-0.2, -0.15) is 0 Å². The average molecular weight is 240 g/mol. The summed E-state index contributed by atoms with van der Waals surface area (Å²) in [6.07, 6.45) is 0. The predicted octanol–water partition coefficient (Wildman–Crippen LogP) is 0.943. The number of nitrogens with two attached hydrogens (primary N) is 2. The van der Waals surface area contributed by atoms with E-state index in [4.69, 9.17) is 11.5 Å². The summed E-state index contributed by atoms with van der Waals surface area (Å²) >= 11 is 0. The summed E-state index contributed by atoms with van der Waals surface area (Å²) in [6, 6.07) is 1.33. The molecule has 0 saturated carbocycles. The fourth-order valence-corrected chi connectivity index (χ4v) is 1.66. The van der Waals surface area contributed by atoms with E-state index < -0.39 is 23.6 Å². The van der Waals surface area contributed by atoms with Crippen LogP contribution in [-0.4, -0.2) is 15.5 Å². The third-order valence-electron chi connectivity index (χ3n) is 2.57. The highest BCUT2D eigenvalue weighted by Crippen LogP contribution is 2.26. The van der Waals surface area contributed by atoms with Crippen LogP contribution in [0.25, 0.3) is 11.0 Å². The van der Waals surface area contributed by atoms with Gasteiger partial charge in [0.15, 0.2) is 11.6 Å². The SMILES string of the molecule is CC(C(N)=O)n1c(N)nc2ccc(F)c(F)c21. The van der Waals surface area contributed by atoms with Crippen LogP contribution in [0.5, 0.6) is 0 Å². The molecule has 1 atom stereocenters. The van der Waals surface area contributed by atoms with Crippen molar-refractivity contribution in [2.75, 3.05) is 5.73 Å². The molecule has 1 amide bonds. The molecule has 17 heavy (non-hydrogen) atoms. The van der Waals surface area contributed by atoms with E-state index in [0.717, 1.165) is 10.6 Å². The zero-order valence-electron chi connectivity index (χ0n) is 8.95. The zero-order valence-corrected chi connectivity index (χ0v) is 8.95. The van der Waals surface area contributed by atoms with Crippen LogP contribution in [0, 0.1) is 11.6 Å². The smallest absolute Gasteiger partial charge is 0.240 e. The minimum Gasteiger partial charge on any atom is -0.369 e. The first-order valence-corrected chi connectivity index (χ1v) is 4.84. The fourth-order valence-electron chi connectivity index (χ4n) is 1.66. The summed E-state index contributed by atoms with van der Waals surface area (Å²) in [5.74, 6) is -2.93. The van der Waals surface area contributed by atoms with Crippen molar-refractivity contribution in [3.63, 3.8) is 0 Å². The Morgan fingerprint density at radius 1 is 1.47 bits per heavy atom. The van der Waals surface area contributed by atoms with Gasteiger partial charge in [-0.1, -0.05) is 0 Å². The van der Waals surface area contributed by atoms with Crippen molar-refractivity contribution in [1.29, 1.82) is 0 Å². The van der Waals surface area contributed by atoms with Gasteiger partial charge in [-0.25, -0.2) is 13.8 Å². The molecule has 5 nitrogen and oxygen atoms in total. The molecule has 0 bridgehead atoms. The highest BCUT2D eigenvalue weighted by atomic mass is 19.2. The lowest BCUT2D eigenvalue weighted by molar-refractivity contribution is -0.120. The first kappa shape index (κ1) is 11.3. The lowest BCUT2D eigenvalue weighted by atomic mass is 10.2. The summed E-state index contributed by atoms with van der Waals surface area (Å²) in [6.45, 7) is 1.43. The summed E-state index contributed by atoms with van der Waals surface area (Å²) in [4.78, 5) is 14.9. The van der Waals surface area contributed by atoms with E-state index in [0.29, 0.717) is 0 Å². The first-order chi connectivity index (χ1) is 7.93. The normalized spacial score (nSPS) is 12.9. The van der Waals surface area contributed by atoms with Gasteiger partial charge in [-0.3, -0.25) is 9.36 Å². The topological polar surface area (TPSA) is 86.9 Å². The Balaban J connectivity index is 2.82. The molecule has 0 saturated heterocycles. The third kappa shape index (κ3) is 1.59. The number of benzene rings is 1. The second kappa shape index (κ2) is 3.69. The maximum Gasteiger partial charge on any atom is 0.240 e. The second-order valence-corrected chi connectivity index (χ2v) is 3.65. The van der Waals surface area contributed by atoms with Crippen molar-refractivity contribution in [2.45, 2.75) is 13.0 Å². The molecule has 0 radical (unpaired) electrons. The van der Waals surface area contributed by atoms with Crippen molar-refractivity contribution in [1.82, 2.24) is 9.55 Å². The largest absolute Gasteiger partial charge is 0.369 e. The molecular formula is C10H10F2N4O. The molecule has 0 spiro atoms. The summed E-state index contributed by atoms with van der Waals surface area (Å²) in [5, 5.41) is 0. The Hall–Kier alpha value is -2.18. The number of hydrogen-bond acceptors (Lipinski definition) is 3. The van der Waals surface area contributed by atoms with E-state index in [1.165, 1.54) is 13.0 Å². The number of aromatic nitrogens is 2. The monoisotopic (exact) mass is 240 g/mol. The van der Waals surface area contributed by atoms with Gasteiger partial charge < -0.3 is 11.5 Å². The van der Waals surface area contributed by atoms with Gasteiger partial charge in [0.2, 0.25) is 11.9 Å². The molecule has 90 valence electrons. The molecule has 7 heteroatoms. The van der Waals surface area contributed by atoms with Crippen LogP contribution in [0.15, 0.2) is 12.1 Å². The van der Waals surface area contributed by atoms with E-state index in [2.05, 4.69) is 4.98 Å². The lowest BCUT2D eigenvalue weighted by Gasteiger charge is -2.12. The maximum absolute atomic E-state index is 13.7. The standard InChI is InChI=1S/C10H10F2N4O/c1-4(9(13)17)16-8-6(15-10(16)14)3-2-5(11)7(8)12/h2-4H,1H3,(H2,13,17)(H2,14,15). The van der Waals surface area contributed by atoms with Crippen LogP contribution in [-0.2, 0) is 4.79 Å². The van der Waals surface area contributed by atoms with E-state index in [1.54, 1.807) is 0 Å². The number of hydrogen-bond donors (Lipinski definition) is 2. The molecular weight excluding hydrogens is 230 g/mol. The zero-order chi connectivity index (χ0) is 12.7. The molecule has 1 aromatic carbocycles. The van der Waals surface area contributed by atoms with Crippen LogP contribution in [0.2, 0.25) is 0 Å². The van der Waals surface area contributed by atoms with Crippen LogP contribution < -0.4 is 11.5 Å². The number of imidazole rings is 1. The third-order valence-corrected chi connectivity index (χ3v) is 2.57. The van der Waals surface area contributed by atoms with Crippen molar-refractivity contribution in [3.8, 4) is 0 Å². The van der Waals surface area contributed by atoms with Crippen LogP contribution >= 0.6 is 0 Å². The van der Waals surface area contributed by atoms with E-state index in [-0.39, 0.29) is 17.0 Å². The van der Waals surface area contributed by atoms with E-state index >= 15 is 0 Å². The molecule has 0 aliphatic carbocycles. The Morgan fingerprint density at radius 2 is 2.12 bits per heavy atom. The molecule has 4 N–H and O–H groups in total. The molecule has 0 fully saturated rings. The van der Waals surface area contributed by atoms with E-state index in [9.17, 15) is 13.6 Å². The number of fused-ring (bicyclic) bond motifs is 1. The molecule has 1 unspecified atom stereocenters. The minimum absolute atomic E-state index is 0.0872. The summed E-state index contributed by atoms with van der Waals surface area (Å²) in [7, 11) is 0.